The lowest BCUT2D eigenvalue weighted by Crippen LogP contribution is -2.21. The van der Waals surface area contributed by atoms with Gasteiger partial charge in [0.15, 0.2) is 0 Å². The summed E-state index contributed by atoms with van der Waals surface area (Å²) in [5.41, 5.74) is 11.3. The Hall–Kier alpha value is -0.350. The summed E-state index contributed by atoms with van der Waals surface area (Å²) in [5.74, 6) is -0.287. The zero-order chi connectivity index (χ0) is 8.27. The molecular weight excluding hydrogens is 214 g/mol. The Morgan fingerprint density at radius 2 is 1.77 bits per heavy atom. The average Bonchev–Trinajstić information content (AvgIpc) is 2.04. The van der Waals surface area contributed by atoms with Crippen molar-refractivity contribution in [2.45, 2.75) is 6.04 Å². The fraction of sp³-hybridized carbons (Fsp3) is 0.250. The second-order valence-corrected chi connectivity index (χ2v) is 2.36. The summed E-state index contributed by atoms with van der Waals surface area (Å²) in [6.07, 6.45) is 0. The summed E-state index contributed by atoms with van der Waals surface area (Å²) in [6, 6.07) is 6.00. The molecule has 5 heteroatoms. The molecular formula is C8H13Cl2FN2. The molecule has 0 spiro atoms. The number of hydrogen-bond donors (Lipinski definition) is 2. The van der Waals surface area contributed by atoms with Crippen LogP contribution in [0.1, 0.15) is 11.6 Å². The molecule has 0 fully saturated rings. The van der Waals surface area contributed by atoms with Crippen molar-refractivity contribution in [3.63, 3.8) is 0 Å². The van der Waals surface area contributed by atoms with Crippen molar-refractivity contribution in [3.8, 4) is 0 Å². The molecule has 0 unspecified atom stereocenters. The van der Waals surface area contributed by atoms with E-state index in [2.05, 4.69) is 0 Å². The Kier molecular flexibility index (Phi) is 8.26. The first-order chi connectivity index (χ1) is 5.25. The van der Waals surface area contributed by atoms with Gasteiger partial charge in [-0.2, -0.15) is 0 Å². The van der Waals surface area contributed by atoms with Crippen molar-refractivity contribution in [2.75, 3.05) is 6.54 Å². The molecule has 0 aliphatic rings. The van der Waals surface area contributed by atoms with E-state index in [-0.39, 0.29) is 37.2 Å². The summed E-state index contributed by atoms with van der Waals surface area (Å²) in [4.78, 5) is 0. The molecule has 13 heavy (non-hydrogen) atoms. The number of benzene rings is 1. The highest BCUT2D eigenvalue weighted by Gasteiger charge is 2.07. The predicted octanol–water partition coefficient (Wildman–Crippen LogP) is 1.63. The summed E-state index contributed by atoms with van der Waals surface area (Å²) < 4.78 is 12.9. The summed E-state index contributed by atoms with van der Waals surface area (Å²) in [5, 5.41) is 0. The number of nitrogens with two attached hydrogens (primary N) is 2. The maximum atomic E-state index is 12.9. The molecule has 1 aromatic rings. The van der Waals surface area contributed by atoms with Crippen LogP contribution in [0.5, 0.6) is 0 Å². The predicted molar refractivity (Wildman–Crippen MR) is 56.9 cm³/mol. The van der Waals surface area contributed by atoms with E-state index >= 15 is 0 Å². The van der Waals surface area contributed by atoms with Crippen molar-refractivity contribution >= 4 is 24.8 Å². The lowest BCUT2D eigenvalue weighted by atomic mass is 10.1. The zero-order valence-electron chi connectivity index (χ0n) is 6.94. The van der Waals surface area contributed by atoms with Crippen molar-refractivity contribution in [1.29, 1.82) is 0 Å². The van der Waals surface area contributed by atoms with Crippen LogP contribution in [0.3, 0.4) is 0 Å². The molecule has 0 aliphatic carbocycles. The molecule has 0 heterocycles. The van der Waals surface area contributed by atoms with Gasteiger partial charge in [-0.05, 0) is 6.07 Å². The van der Waals surface area contributed by atoms with E-state index in [1.54, 1.807) is 18.2 Å². The van der Waals surface area contributed by atoms with E-state index in [0.29, 0.717) is 5.56 Å². The molecule has 1 rings (SSSR count). The Labute approximate surface area is 89.3 Å². The largest absolute Gasteiger partial charge is 0.329 e. The minimum absolute atomic E-state index is 0. The summed E-state index contributed by atoms with van der Waals surface area (Å²) >= 11 is 0. The molecule has 4 N–H and O–H groups in total. The molecule has 1 aromatic carbocycles. The van der Waals surface area contributed by atoms with Crippen LogP contribution in [0.25, 0.3) is 0 Å². The first-order valence-electron chi connectivity index (χ1n) is 3.45. The standard InChI is InChI=1S/C8H11FN2.2ClH/c9-7-4-2-1-3-6(7)8(11)5-10;;/h1-4,8H,5,10-11H2;2*1H/t8-;;/m0../s1. The first-order valence-corrected chi connectivity index (χ1v) is 3.45. The second kappa shape index (κ2) is 7.09. The van der Waals surface area contributed by atoms with Gasteiger partial charge >= 0.3 is 0 Å². The van der Waals surface area contributed by atoms with Crippen LogP contribution in [0.15, 0.2) is 24.3 Å². The van der Waals surface area contributed by atoms with E-state index in [4.69, 9.17) is 11.5 Å². The van der Waals surface area contributed by atoms with Gasteiger partial charge in [0.05, 0.1) is 0 Å². The zero-order valence-corrected chi connectivity index (χ0v) is 8.58. The van der Waals surface area contributed by atoms with Crippen LogP contribution >= 0.6 is 24.8 Å². The Balaban J connectivity index is 0. The molecule has 0 aliphatic heterocycles. The molecule has 0 amide bonds. The monoisotopic (exact) mass is 226 g/mol. The normalized spacial score (nSPS) is 11.0. The van der Waals surface area contributed by atoms with Crippen molar-refractivity contribution < 1.29 is 4.39 Å². The van der Waals surface area contributed by atoms with Gasteiger partial charge in [0.1, 0.15) is 5.82 Å². The fourth-order valence-electron chi connectivity index (χ4n) is 0.903. The van der Waals surface area contributed by atoms with Gasteiger partial charge in [-0.25, -0.2) is 4.39 Å². The highest BCUT2D eigenvalue weighted by Crippen LogP contribution is 2.12. The molecule has 1 atom stereocenters. The van der Waals surface area contributed by atoms with Gasteiger partial charge in [0.25, 0.3) is 0 Å². The minimum atomic E-state index is -0.392. The maximum absolute atomic E-state index is 12.9. The second-order valence-electron chi connectivity index (χ2n) is 2.36. The third kappa shape index (κ3) is 3.91. The van der Waals surface area contributed by atoms with Gasteiger partial charge in [0.2, 0.25) is 0 Å². The van der Waals surface area contributed by atoms with E-state index in [0.717, 1.165) is 0 Å². The van der Waals surface area contributed by atoms with Gasteiger partial charge in [0, 0.05) is 18.2 Å². The van der Waals surface area contributed by atoms with Crippen LogP contribution < -0.4 is 11.5 Å². The lowest BCUT2D eigenvalue weighted by molar-refractivity contribution is 0.584. The Morgan fingerprint density at radius 3 is 2.23 bits per heavy atom. The van der Waals surface area contributed by atoms with Gasteiger partial charge < -0.3 is 11.5 Å². The highest BCUT2D eigenvalue weighted by atomic mass is 35.5. The number of hydrogen-bond acceptors (Lipinski definition) is 2. The van der Waals surface area contributed by atoms with E-state index in [9.17, 15) is 4.39 Å². The third-order valence-electron chi connectivity index (χ3n) is 1.56. The van der Waals surface area contributed by atoms with Crippen LogP contribution in [0.2, 0.25) is 0 Å². The topological polar surface area (TPSA) is 52.0 Å². The number of halogens is 3. The average molecular weight is 227 g/mol. The molecule has 0 saturated heterocycles. The summed E-state index contributed by atoms with van der Waals surface area (Å²) in [7, 11) is 0. The van der Waals surface area contributed by atoms with E-state index in [1.807, 2.05) is 0 Å². The van der Waals surface area contributed by atoms with E-state index in [1.165, 1.54) is 6.07 Å². The van der Waals surface area contributed by atoms with Crippen LogP contribution in [-0.2, 0) is 0 Å². The van der Waals surface area contributed by atoms with Gasteiger partial charge in [-0.3, -0.25) is 0 Å². The maximum Gasteiger partial charge on any atom is 0.128 e. The quantitative estimate of drug-likeness (QED) is 0.806. The van der Waals surface area contributed by atoms with Crippen LogP contribution in [0, 0.1) is 5.82 Å². The molecule has 0 bridgehead atoms. The fourth-order valence-corrected chi connectivity index (χ4v) is 0.903. The SMILES string of the molecule is Cl.Cl.NC[C@H](N)c1ccccc1F. The van der Waals surface area contributed by atoms with E-state index < -0.39 is 6.04 Å². The third-order valence-corrected chi connectivity index (χ3v) is 1.56. The van der Waals surface area contributed by atoms with Gasteiger partial charge in [-0.1, -0.05) is 18.2 Å². The molecule has 0 saturated carbocycles. The van der Waals surface area contributed by atoms with Crippen LogP contribution in [0.4, 0.5) is 4.39 Å². The first kappa shape index (κ1) is 15.1. The minimum Gasteiger partial charge on any atom is -0.329 e. The van der Waals surface area contributed by atoms with Crippen molar-refractivity contribution in [1.82, 2.24) is 0 Å². The Bertz CT molecular complexity index is 245. The van der Waals surface area contributed by atoms with Crippen molar-refractivity contribution in [3.05, 3.63) is 35.6 Å². The molecule has 2 nitrogen and oxygen atoms in total. The molecule has 0 radical (unpaired) electrons. The van der Waals surface area contributed by atoms with Crippen LogP contribution in [-0.4, -0.2) is 6.54 Å². The molecule has 0 aromatic heterocycles. The van der Waals surface area contributed by atoms with Gasteiger partial charge in [-0.15, -0.1) is 24.8 Å². The smallest absolute Gasteiger partial charge is 0.128 e. The van der Waals surface area contributed by atoms with Crippen molar-refractivity contribution in [2.24, 2.45) is 11.5 Å². The lowest BCUT2D eigenvalue weighted by Gasteiger charge is -2.08. The summed E-state index contributed by atoms with van der Waals surface area (Å²) in [6.45, 7) is 0.265. The Morgan fingerprint density at radius 1 is 1.23 bits per heavy atom. The number of rotatable bonds is 2. The highest BCUT2D eigenvalue weighted by molar-refractivity contribution is 5.85. The molecule has 76 valence electrons.